The third kappa shape index (κ3) is 3.10. The van der Waals surface area contributed by atoms with Crippen LogP contribution in [0.15, 0.2) is 23.1 Å². The normalized spacial score (nSPS) is 19.0. The molecule has 1 aliphatic rings. The van der Waals surface area contributed by atoms with Crippen LogP contribution in [0.1, 0.15) is 38.7 Å². The van der Waals surface area contributed by atoms with Crippen LogP contribution in [0.3, 0.4) is 0 Å². The van der Waals surface area contributed by atoms with Crippen LogP contribution < -0.4 is 0 Å². The van der Waals surface area contributed by atoms with Gasteiger partial charge >= 0.3 is 0 Å². The Morgan fingerprint density at radius 1 is 1.33 bits per heavy atom. The summed E-state index contributed by atoms with van der Waals surface area (Å²) in [6, 6.07) is 3.84. The zero-order chi connectivity index (χ0) is 15.7. The van der Waals surface area contributed by atoms with Crippen LogP contribution in [-0.2, 0) is 15.9 Å². The predicted octanol–water partition coefficient (Wildman–Crippen LogP) is 3.77. The van der Waals surface area contributed by atoms with Crippen molar-refractivity contribution in [3.8, 4) is 0 Å². The number of sulfonamides is 1. The highest BCUT2D eigenvalue weighted by atomic mass is 35.5. The van der Waals surface area contributed by atoms with Crippen molar-refractivity contribution < 1.29 is 12.8 Å². The molecule has 0 aromatic heterocycles. The predicted molar refractivity (Wildman–Crippen MR) is 82.3 cm³/mol. The molecule has 0 aliphatic carbocycles. The fourth-order valence-corrected chi connectivity index (χ4v) is 4.70. The first kappa shape index (κ1) is 16.7. The molecule has 0 bridgehead atoms. The summed E-state index contributed by atoms with van der Waals surface area (Å²) in [5, 5.41) is 0. The number of hydrogen-bond acceptors (Lipinski definition) is 2. The minimum Gasteiger partial charge on any atom is -0.207 e. The molecule has 0 unspecified atom stereocenters. The highest BCUT2D eigenvalue weighted by Gasteiger charge is 2.40. The van der Waals surface area contributed by atoms with Gasteiger partial charge in [-0.25, -0.2) is 12.8 Å². The van der Waals surface area contributed by atoms with Gasteiger partial charge in [-0.15, -0.1) is 11.6 Å². The maximum atomic E-state index is 13.5. The monoisotopic (exact) mass is 333 g/mol. The first-order valence-electron chi connectivity index (χ1n) is 7.23. The van der Waals surface area contributed by atoms with Crippen molar-refractivity contribution in [3.05, 3.63) is 29.6 Å². The molecule has 6 heteroatoms. The van der Waals surface area contributed by atoms with Gasteiger partial charge < -0.3 is 0 Å². The van der Waals surface area contributed by atoms with E-state index < -0.39 is 15.8 Å². The number of rotatable bonds is 5. The van der Waals surface area contributed by atoms with Crippen LogP contribution in [0.5, 0.6) is 0 Å². The van der Waals surface area contributed by atoms with Gasteiger partial charge in [0, 0.05) is 18.7 Å². The minimum absolute atomic E-state index is 0.0386. The highest BCUT2D eigenvalue weighted by molar-refractivity contribution is 7.89. The van der Waals surface area contributed by atoms with Crippen molar-refractivity contribution in [2.75, 3.05) is 13.1 Å². The van der Waals surface area contributed by atoms with Crippen molar-refractivity contribution in [3.63, 3.8) is 0 Å². The summed E-state index contributed by atoms with van der Waals surface area (Å²) >= 11 is 5.66. The summed E-state index contributed by atoms with van der Waals surface area (Å²) in [5.41, 5.74) is 0.289. The van der Waals surface area contributed by atoms with Crippen molar-refractivity contribution in [2.24, 2.45) is 5.41 Å². The standard InChI is InChI=1S/C15H21ClFNO2S/c1-3-15(4-2)7-8-18(11-15)21(19,20)13-5-6-14(17)12(9-13)10-16/h5-6,9H,3-4,7-8,10-11H2,1-2H3. The molecule has 1 fully saturated rings. The molecule has 0 N–H and O–H groups in total. The second-order valence-corrected chi connectivity index (χ2v) is 7.89. The van der Waals surface area contributed by atoms with E-state index in [0.29, 0.717) is 13.1 Å². The first-order chi connectivity index (χ1) is 9.88. The van der Waals surface area contributed by atoms with Gasteiger partial charge in [0.15, 0.2) is 0 Å². The lowest BCUT2D eigenvalue weighted by Crippen LogP contribution is -2.32. The molecule has 118 valence electrons. The Hall–Kier alpha value is -0.650. The minimum atomic E-state index is -3.57. The molecule has 1 aromatic rings. The highest BCUT2D eigenvalue weighted by Crippen LogP contribution is 2.39. The summed E-state index contributed by atoms with van der Waals surface area (Å²) in [6.45, 7) is 5.26. The Labute approximate surface area is 131 Å². The van der Waals surface area contributed by atoms with E-state index in [1.807, 2.05) is 0 Å². The van der Waals surface area contributed by atoms with E-state index in [2.05, 4.69) is 13.8 Å². The Bertz CT molecular complexity index is 614. The lowest BCUT2D eigenvalue weighted by atomic mass is 9.82. The second kappa shape index (κ2) is 6.23. The van der Waals surface area contributed by atoms with Gasteiger partial charge in [0.1, 0.15) is 5.82 Å². The molecule has 1 aromatic carbocycles. The molecule has 0 amide bonds. The Kier molecular flexibility index (Phi) is 4.96. The van der Waals surface area contributed by atoms with Crippen LogP contribution in [0.2, 0.25) is 0 Å². The smallest absolute Gasteiger partial charge is 0.207 e. The van der Waals surface area contributed by atoms with Gasteiger partial charge in [0.2, 0.25) is 10.0 Å². The Morgan fingerprint density at radius 2 is 2.00 bits per heavy atom. The lowest BCUT2D eigenvalue weighted by Gasteiger charge is -2.26. The van der Waals surface area contributed by atoms with Crippen LogP contribution >= 0.6 is 11.6 Å². The molecule has 21 heavy (non-hydrogen) atoms. The van der Waals surface area contributed by atoms with Crippen molar-refractivity contribution in [2.45, 2.75) is 43.9 Å². The van der Waals surface area contributed by atoms with Crippen LogP contribution in [0.4, 0.5) is 4.39 Å². The third-order valence-corrected chi connectivity index (χ3v) is 6.83. The number of nitrogens with zero attached hydrogens (tertiary/aromatic N) is 1. The quantitative estimate of drug-likeness (QED) is 0.769. The van der Waals surface area contributed by atoms with E-state index in [-0.39, 0.29) is 21.8 Å². The van der Waals surface area contributed by atoms with Gasteiger partial charge in [0.05, 0.1) is 10.8 Å². The molecular formula is C15H21ClFNO2S. The molecule has 1 heterocycles. The van der Waals surface area contributed by atoms with Crippen LogP contribution in [0, 0.1) is 11.2 Å². The topological polar surface area (TPSA) is 37.4 Å². The Morgan fingerprint density at radius 3 is 2.52 bits per heavy atom. The summed E-state index contributed by atoms with van der Waals surface area (Å²) in [4.78, 5) is 0.127. The second-order valence-electron chi connectivity index (χ2n) is 5.68. The average molecular weight is 334 g/mol. The fraction of sp³-hybridized carbons (Fsp3) is 0.600. The third-order valence-electron chi connectivity index (χ3n) is 4.70. The van der Waals surface area contributed by atoms with Crippen molar-refractivity contribution >= 4 is 21.6 Å². The number of hydrogen-bond donors (Lipinski definition) is 0. The largest absolute Gasteiger partial charge is 0.243 e. The van der Waals surface area contributed by atoms with E-state index in [1.54, 1.807) is 0 Å². The van der Waals surface area contributed by atoms with Gasteiger partial charge in [-0.1, -0.05) is 13.8 Å². The summed E-state index contributed by atoms with van der Waals surface area (Å²) in [6.07, 6.45) is 2.81. The summed E-state index contributed by atoms with van der Waals surface area (Å²) in [7, 11) is -3.57. The molecule has 0 atom stereocenters. The van der Waals surface area contributed by atoms with Crippen molar-refractivity contribution in [1.82, 2.24) is 4.31 Å². The first-order valence-corrected chi connectivity index (χ1v) is 9.20. The van der Waals surface area contributed by atoms with E-state index in [0.717, 1.165) is 19.3 Å². The summed E-state index contributed by atoms with van der Waals surface area (Å²) < 4.78 is 40.4. The summed E-state index contributed by atoms with van der Waals surface area (Å²) in [5.74, 6) is -0.509. The zero-order valence-corrected chi connectivity index (χ0v) is 14.0. The molecule has 3 nitrogen and oxygen atoms in total. The van der Waals surface area contributed by atoms with E-state index in [9.17, 15) is 12.8 Å². The van der Waals surface area contributed by atoms with Crippen LogP contribution in [-0.4, -0.2) is 25.8 Å². The maximum Gasteiger partial charge on any atom is 0.243 e. The zero-order valence-electron chi connectivity index (χ0n) is 12.4. The molecule has 1 aliphatic heterocycles. The van der Waals surface area contributed by atoms with Gasteiger partial charge in [-0.2, -0.15) is 4.31 Å². The average Bonchev–Trinajstić information content (AvgIpc) is 2.93. The molecule has 0 saturated carbocycles. The van der Waals surface area contributed by atoms with E-state index >= 15 is 0 Å². The fourth-order valence-electron chi connectivity index (χ4n) is 2.89. The van der Waals surface area contributed by atoms with Crippen molar-refractivity contribution in [1.29, 1.82) is 0 Å². The van der Waals surface area contributed by atoms with E-state index in [4.69, 9.17) is 11.6 Å². The molecule has 0 radical (unpaired) electrons. The maximum absolute atomic E-state index is 13.5. The van der Waals surface area contributed by atoms with Crippen LogP contribution in [0.25, 0.3) is 0 Å². The molecule has 0 spiro atoms. The SMILES string of the molecule is CCC1(CC)CCN(S(=O)(=O)c2ccc(F)c(CCl)c2)C1. The van der Waals surface area contributed by atoms with Gasteiger partial charge in [-0.05, 0) is 42.9 Å². The number of benzene rings is 1. The van der Waals surface area contributed by atoms with E-state index in [1.165, 1.54) is 22.5 Å². The van der Waals surface area contributed by atoms with Gasteiger partial charge in [-0.3, -0.25) is 0 Å². The number of alkyl halides is 1. The van der Waals surface area contributed by atoms with Gasteiger partial charge in [0.25, 0.3) is 0 Å². The Balaban J connectivity index is 2.31. The molecule has 1 saturated heterocycles. The number of halogens is 2. The molecule has 2 rings (SSSR count). The lowest BCUT2D eigenvalue weighted by molar-refractivity contribution is 0.279. The molecular weight excluding hydrogens is 313 g/mol.